The molecule has 0 unspecified atom stereocenters. The Bertz CT molecular complexity index is 681. The van der Waals surface area contributed by atoms with Crippen LogP contribution in [-0.4, -0.2) is 44.4 Å². The average molecular weight is 314 g/mol. The summed E-state index contributed by atoms with van der Waals surface area (Å²) < 4.78 is 12.3. The van der Waals surface area contributed by atoms with Crippen molar-refractivity contribution in [2.24, 2.45) is 0 Å². The molecule has 0 bridgehead atoms. The fraction of sp³-hybridized carbons (Fsp3) is 0.588. The van der Waals surface area contributed by atoms with Gasteiger partial charge in [-0.15, -0.1) is 0 Å². The molecule has 3 aliphatic rings. The lowest BCUT2D eigenvalue weighted by atomic mass is 9.73. The van der Waals surface area contributed by atoms with Gasteiger partial charge < -0.3 is 19.5 Å². The Kier molecular flexibility index (Phi) is 2.89. The summed E-state index contributed by atoms with van der Waals surface area (Å²) in [5.41, 5.74) is 1.97. The van der Waals surface area contributed by atoms with Crippen LogP contribution in [0.15, 0.2) is 18.2 Å². The smallest absolute Gasteiger partial charge is 0.399 e. The molecule has 122 valence electrons. The third-order valence-corrected chi connectivity index (χ3v) is 5.99. The Hall–Kier alpha value is -1.37. The van der Waals surface area contributed by atoms with Crippen molar-refractivity contribution in [2.45, 2.75) is 44.3 Å². The minimum atomic E-state index is -0.398. The number of nitrogens with one attached hydrogen (secondary N) is 1. The molecule has 5 nitrogen and oxygen atoms in total. The van der Waals surface area contributed by atoms with Crippen molar-refractivity contribution in [3.05, 3.63) is 23.8 Å². The van der Waals surface area contributed by atoms with Gasteiger partial charge in [0.1, 0.15) is 5.41 Å². The van der Waals surface area contributed by atoms with E-state index in [1.54, 1.807) is 4.90 Å². The topological polar surface area (TPSA) is 50.8 Å². The summed E-state index contributed by atoms with van der Waals surface area (Å²) in [5.74, 6) is 0.178. The second-order valence-corrected chi connectivity index (χ2v) is 7.91. The SMILES string of the molecule is CN1C(=O)C2(CNC2)c2ccc(B3OC(C)(C)C(C)(C)O3)cc21. The van der Waals surface area contributed by atoms with Crippen molar-refractivity contribution in [1.82, 2.24) is 5.32 Å². The monoisotopic (exact) mass is 314 g/mol. The summed E-state index contributed by atoms with van der Waals surface area (Å²) >= 11 is 0. The third-order valence-electron chi connectivity index (χ3n) is 5.99. The Balaban J connectivity index is 1.71. The molecule has 3 heterocycles. The normalized spacial score (nSPS) is 26.6. The van der Waals surface area contributed by atoms with E-state index in [2.05, 4.69) is 11.4 Å². The van der Waals surface area contributed by atoms with Gasteiger partial charge in [0.15, 0.2) is 0 Å². The Morgan fingerprint density at radius 1 is 1.13 bits per heavy atom. The molecule has 0 aliphatic carbocycles. The predicted octanol–water partition coefficient (Wildman–Crippen LogP) is 0.803. The largest absolute Gasteiger partial charge is 0.494 e. The van der Waals surface area contributed by atoms with E-state index in [0.717, 1.165) is 29.8 Å². The van der Waals surface area contributed by atoms with Crippen LogP contribution >= 0.6 is 0 Å². The zero-order valence-corrected chi connectivity index (χ0v) is 14.4. The number of carbonyl (C=O) groups is 1. The lowest BCUT2D eigenvalue weighted by molar-refractivity contribution is -0.124. The van der Waals surface area contributed by atoms with Gasteiger partial charge in [0.05, 0.1) is 11.2 Å². The minimum Gasteiger partial charge on any atom is -0.399 e. The Morgan fingerprint density at radius 3 is 2.26 bits per heavy atom. The molecule has 0 aromatic heterocycles. The van der Waals surface area contributed by atoms with E-state index in [0.29, 0.717) is 0 Å². The highest BCUT2D eigenvalue weighted by atomic mass is 16.7. The Labute approximate surface area is 137 Å². The van der Waals surface area contributed by atoms with Crippen LogP contribution in [0.3, 0.4) is 0 Å². The highest BCUT2D eigenvalue weighted by Gasteiger charge is 2.55. The summed E-state index contributed by atoms with van der Waals surface area (Å²) in [4.78, 5) is 14.4. The van der Waals surface area contributed by atoms with Gasteiger partial charge in [-0.3, -0.25) is 4.79 Å². The maximum absolute atomic E-state index is 12.6. The number of nitrogens with zero attached hydrogens (tertiary/aromatic N) is 1. The number of amides is 1. The molecule has 2 fully saturated rings. The van der Waals surface area contributed by atoms with Gasteiger partial charge in [0, 0.05) is 25.8 Å². The molecule has 4 rings (SSSR count). The van der Waals surface area contributed by atoms with E-state index in [-0.39, 0.29) is 22.5 Å². The molecule has 1 N–H and O–H groups in total. The van der Waals surface area contributed by atoms with Crippen LogP contribution in [-0.2, 0) is 19.5 Å². The summed E-state index contributed by atoms with van der Waals surface area (Å²) in [6.45, 7) is 9.63. The molecular weight excluding hydrogens is 291 g/mol. The molecule has 1 spiro atoms. The van der Waals surface area contributed by atoms with Crippen LogP contribution < -0.4 is 15.7 Å². The number of fused-ring (bicyclic) bond motifs is 2. The first-order chi connectivity index (χ1) is 10.7. The first-order valence-corrected chi connectivity index (χ1v) is 8.17. The fourth-order valence-corrected chi connectivity index (χ4v) is 3.62. The zero-order chi connectivity index (χ0) is 16.6. The van der Waals surface area contributed by atoms with E-state index in [4.69, 9.17) is 9.31 Å². The minimum absolute atomic E-state index is 0.178. The molecular formula is C17H23BN2O3. The molecule has 0 atom stereocenters. The third kappa shape index (κ3) is 1.83. The highest BCUT2D eigenvalue weighted by Crippen LogP contribution is 2.43. The van der Waals surface area contributed by atoms with Crippen molar-refractivity contribution < 1.29 is 14.1 Å². The van der Waals surface area contributed by atoms with Crippen molar-refractivity contribution in [3.63, 3.8) is 0 Å². The maximum Gasteiger partial charge on any atom is 0.494 e. The highest BCUT2D eigenvalue weighted by molar-refractivity contribution is 6.62. The summed E-state index contributed by atoms with van der Waals surface area (Å²) in [6.07, 6.45) is 0. The first kappa shape index (κ1) is 15.2. The number of carbonyl (C=O) groups excluding carboxylic acids is 1. The van der Waals surface area contributed by atoms with Crippen LogP contribution in [0.2, 0.25) is 0 Å². The first-order valence-electron chi connectivity index (χ1n) is 8.17. The number of likely N-dealkylation sites (N-methyl/N-ethyl adjacent to an activating group) is 1. The standard InChI is InChI=1S/C17H23BN2O3/c1-15(2)16(3,4)23-18(22-15)11-6-7-12-13(8-11)20(5)14(21)17(12)9-19-10-17/h6-8,19H,9-10H2,1-5H3. The van der Waals surface area contributed by atoms with E-state index >= 15 is 0 Å². The van der Waals surface area contributed by atoms with E-state index in [1.807, 2.05) is 46.9 Å². The van der Waals surface area contributed by atoms with Crippen LogP contribution in [0.1, 0.15) is 33.3 Å². The van der Waals surface area contributed by atoms with Crippen molar-refractivity contribution in [2.75, 3.05) is 25.0 Å². The predicted molar refractivity (Wildman–Crippen MR) is 90.1 cm³/mol. The van der Waals surface area contributed by atoms with Crippen LogP contribution in [0.25, 0.3) is 0 Å². The molecule has 6 heteroatoms. The van der Waals surface area contributed by atoms with Gasteiger partial charge in [-0.1, -0.05) is 12.1 Å². The number of benzene rings is 1. The second-order valence-electron chi connectivity index (χ2n) is 7.91. The maximum atomic E-state index is 12.6. The zero-order valence-electron chi connectivity index (χ0n) is 14.4. The van der Waals surface area contributed by atoms with Crippen molar-refractivity contribution in [3.8, 4) is 0 Å². The van der Waals surface area contributed by atoms with Gasteiger partial charge >= 0.3 is 7.12 Å². The number of rotatable bonds is 1. The summed E-state index contributed by atoms with van der Waals surface area (Å²) in [7, 11) is 1.45. The molecule has 0 saturated carbocycles. The second kappa shape index (κ2) is 4.38. The van der Waals surface area contributed by atoms with Crippen molar-refractivity contribution in [1.29, 1.82) is 0 Å². The number of anilines is 1. The molecule has 0 radical (unpaired) electrons. The lowest BCUT2D eigenvalue weighted by Gasteiger charge is -2.37. The van der Waals surface area contributed by atoms with Gasteiger partial charge in [-0.05, 0) is 44.8 Å². The fourth-order valence-electron chi connectivity index (χ4n) is 3.62. The van der Waals surface area contributed by atoms with Gasteiger partial charge in [0.2, 0.25) is 5.91 Å². The lowest BCUT2D eigenvalue weighted by Crippen LogP contribution is -2.61. The van der Waals surface area contributed by atoms with Crippen LogP contribution in [0.5, 0.6) is 0 Å². The molecule has 2 saturated heterocycles. The average Bonchev–Trinajstić information content (AvgIpc) is 2.78. The quantitative estimate of drug-likeness (QED) is 0.779. The van der Waals surface area contributed by atoms with Gasteiger partial charge in [-0.2, -0.15) is 0 Å². The van der Waals surface area contributed by atoms with Crippen molar-refractivity contribution >= 4 is 24.2 Å². The Morgan fingerprint density at radius 2 is 1.74 bits per heavy atom. The van der Waals surface area contributed by atoms with E-state index in [9.17, 15) is 4.79 Å². The number of hydrogen-bond acceptors (Lipinski definition) is 4. The molecule has 23 heavy (non-hydrogen) atoms. The summed E-state index contributed by atoms with van der Waals surface area (Å²) in [6, 6.07) is 6.15. The molecule has 1 amide bonds. The van der Waals surface area contributed by atoms with E-state index in [1.165, 1.54) is 0 Å². The van der Waals surface area contributed by atoms with E-state index < -0.39 is 7.12 Å². The van der Waals surface area contributed by atoms with Gasteiger partial charge in [-0.25, -0.2) is 0 Å². The van der Waals surface area contributed by atoms with Gasteiger partial charge in [0.25, 0.3) is 0 Å². The molecule has 1 aromatic rings. The number of hydrogen-bond donors (Lipinski definition) is 1. The van der Waals surface area contributed by atoms with Crippen LogP contribution in [0, 0.1) is 0 Å². The molecule has 3 aliphatic heterocycles. The summed E-state index contributed by atoms with van der Waals surface area (Å²) in [5, 5.41) is 3.23. The molecule has 1 aromatic carbocycles. The van der Waals surface area contributed by atoms with Crippen LogP contribution in [0.4, 0.5) is 5.69 Å².